The zero-order valence-corrected chi connectivity index (χ0v) is 10.4. The van der Waals surface area contributed by atoms with Gasteiger partial charge in [0.05, 0.1) is 6.26 Å². The average molecular weight is 236 g/mol. The second kappa shape index (κ2) is 4.53. The monoisotopic (exact) mass is 236 g/mol. The molecule has 1 aliphatic carbocycles. The van der Waals surface area contributed by atoms with Crippen LogP contribution in [0.1, 0.15) is 32.4 Å². The van der Waals surface area contributed by atoms with Gasteiger partial charge in [-0.2, -0.15) is 0 Å². The second-order valence-electron chi connectivity index (χ2n) is 5.36. The largest absolute Gasteiger partial charge is 0.469 e. The molecule has 0 bridgehead atoms. The number of amides is 1. The van der Waals surface area contributed by atoms with Crippen LogP contribution in [-0.2, 0) is 11.2 Å². The van der Waals surface area contributed by atoms with Gasteiger partial charge >= 0.3 is 0 Å². The number of furan rings is 1. The van der Waals surface area contributed by atoms with Crippen LogP contribution in [0.3, 0.4) is 0 Å². The van der Waals surface area contributed by atoms with Crippen molar-refractivity contribution < 1.29 is 9.21 Å². The Bertz CT molecular complexity index is 384. The van der Waals surface area contributed by atoms with Crippen molar-refractivity contribution >= 4 is 5.91 Å². The van der Waals surface area contributed by atoms with Crippen LogP contribution < -0.4 is 11.1 Å². The normalized spacial score (nSPS) is 26.3. The molecule has 2 unspecified atom stereocenters. The summed E-state index contributed by atoms with van der Waals surface area (Å²) in [5, 5.41) is 3.04. The maximum absolute atomic E-state index is 11.7. The smallest absolute Gasteiger partial charge is 0.220 e. The first-order valence-corrected chi connectivity index (χ1v) is 6.07. The fourth-order valence-corrected chi connectivity index (χ4v) is 2.16. The summed E-state index contributed by atoms with van der Waals surface area (Å²) in [5.74, 6) is 0.927. The maximum Gasteiger partial charge on any atom is 0.220 e. The molecule has 1 aromatic rings. The highest BCUT2D eigenvalue weighted by atomic mass is 16.3. The molecule has 1 saturated carbocycles. The van der Waals surface area contributed by atoms with E-state index in [0.29, 0.717) is 12.8 Å². The molecule has 2 atom stereocenters. The Hall–Kier alpha value is -1.29. The van der Waals surface area contributed by atoms with Gasteiger partial charge in [-0.25, -0.2) is 0 Å². The number of hydrogen-bond donors (Lipinski definition) is 2. The molecule has 0 radical (unpaired) electrons. The molecule has 1 aromatic heterocycles. The van der Waals surface area contributed by atoms with Crippen LogP contribution >= 0.6 is 0 Å². The van der Waals surface area contributed by atoms with Crippen LogP contribution in [0.5, 0.6) is 0 Å². The topological polar surface area (TPSA) is 68.3 Å². The number of nitrogens with two attached hydrogens (primary N) is 1. The van der Waals surface area contributed by atoms with Gasteiger partial charge < -0.3 is 15.5 Å². The average Bonchev–Trinajstić information content (AvgIpc) is 2.79. The number of carbonyl (C=O) groups excluding carboxylic acids is 1. The molecule has 0 aromatic carbocycles. The van der Waals surface area contributed by atoms with E-state index in [1.54, 1.807) is 6.26 Å². The van der Waals surface area contributed by atoms with Gasteiger partial charge in [-0.3, -0.25) is 4.79 Å². The van der Waals surface area contributed by atoms with Crippen LogP contribution in [0.25, 0.3) is 0 Å². The third-order valence-electron chi connectivity index (χ3n) is 3.86. The molecular formula is C13H20N2O2. The third kappa shape index (κ3) is 2.52. The first-order valence-electron chi connectivity index (χ1n) is 6.07. The molecular weight excluding hydrogens is 216 g/mol. The molecule has 94 valence electrons. The van der Waals surface area contributed by atoms with Gasteiger partial charge in [-0.1, -0.05) is 13.8 Å². The predicted octanol–water partition coefficient (Wildman–Crippen LogP) is 1.45. The van der Waals surface area contributed by atoms with E-state index in [1.807, 2.05) is 12.1 Å². The molecule has 2 rings (SSSR count). The minimum atomic E-state index is 0.0142. The van der Waals surface area contributed by atoms with E-state index in [2.05, 4.69) is 19.2 Å². The maximum atomic E-state index is 11.7. The fourth-order valence-electron chi connectivity index (χ4n) is 2.16. The van der Waals surface area contributed by atoms with E-state index >= 15 is 0 Å². The minimum Gasteiger partial charge on any atom is -0.469 e. The fraction of sp³-hybridized carbons (Fsp3) is 0.615. The Balaban J connectivity index is 1.75. The van der Waals surface area contributed by atoms with Gasteiger partial charge in [-0.05, 0) is 18.6 Å². The van der Waals surface area contributed by atoms with Crippen molar-refractivity contribution in [3.8, 4) is 0 Å². The lowest BCUT2D eigenvalue weighted by molar-refractivity contribution is -0.124. The van der Waals surface area contributed by atoms with E-state index in [4.69, 9.17) is 10.2 Å². The highest BCUT2D eigenvalue weighted by Gasteiger charge is 2.46. The Morgan fingerprint density at radius 3 is 2.94 bits per heavy atom. The van der Waals surface area contributed by atoms with Crippen LogP contribution in [0, 0.1) is 5.41 Å². The molecule has 1 fully saturated rings. The SMILES string of the molecule is CC1(C)C(N)CC1NC(=O)CCc1ccco1. The van der Waals surface area contributed by atoms with Crippen LogP contribution in [0.15, 0.2) is 22.8 Å². The molecule has 1 amide bonds. The Morgan fingerprint density at radius 2 is 2.41 bits per heavy atom. The molecule has 1 aliphatic rings. The molecule has 0 spiro atoms. The second-order valence-corrected chi connectivity index (χ2v) is 5.36. The standard InChI is InChI=1S/C13H20N2O2/c1-13(2)10(14)8-11(13)15-12(16)6-5-9-4-3-7-17-9/h3-4,7,10-11H,5-6,8,14H2,1-2H3,(H,15,16). The van der Waals surface area contributed by atoms with E-state index < -0.39 is 0 Å². The van der Waals surface area contributed by atoms with Crippen molar-refractivity contribution in [2.75, 3.05) is 0 Å². The van der Waals surface area contributed by atoms with Gasteiger partial charge in [0.15, 0.2) is 0 Å². The Labute approximate surface area is 102 Å². The molecule has 0 saturated heterocycles. The predicted molar refractivity (Wildman–Crippen MR) is 65.3 cm³/mol. The van der Waals surface area contributed by atoms with E-state index in [0.717, 1.165) is 12.2 Å². The first-order chi connectivity index (χ1) is 8.00. The third-order valence-corrected chi connectivity index (χ3v) is 3.86. The summed E-state index contributed by atoms with van der Waals surface area (Å²) in [4.78, 5) is 11.7. The number of hydrogen-bond acceptors (Lipinski definition) is 3. The summed E-state index contributed by atoms with van der Waals surface area (Å²) in [6.45, 7) is 4.19. The highest BCUT2D eigenvalue weighted by molar-refractivity contribution is 5.76. The van der Waals surface area contributed by atoms with E-state index in [-0.39, 0.29) is 23.4 Å². The van der Waals surface area contributed by atoms with E-state index in [9.17, 15) is 4.79 Å². The van der Waals surface area contributed by atoms with Crippen LogP contribution in [0.4, 0.5) is 0 Å². The zero-order chi connectivity index (χ0) is 12.5. The molecule has 4 nitrogen and oxygen atoms in total. The summed E-state index contributed by atoms with van der Waals surface area (Å²) in [5.41, 5.74) is 5.92. The lowest BCUT2D eigenvalue weighted by Gasteiger charge is -2.50. The lowest BCUT2D eigenvalue weighted by Crippen LogP contribution is -2.64. The molecule has 0 aliphatic heterocycles. The summed E-state index contributed by atoms with van der Waals surface area (Å²) in [7, 11) is 0. The summed E-state index contributed by atoms with van der Waals surface area (Å²) in [6.07, 6.45) is 3.62. The number of carbonyl (C=O) groups is 1. The van der Waals surface area contributed by atoms with Crippen molar-refractivity contribution in [2.24, 2.45) is 11.1 Å². The molecule has 3 N–H and O–H groups in total. The lowest BCUT2D eigenvalue weighted by atomic mass is 9.63. The summed E-state index contributed by atoms with van der Waals surface area (Å²) >= 11 is 0. The Morgan fingerprint density at radius 1 is 1.65 bits per heavy atom. The Kier molecular flexibility index (Phi) is 3.24. The van der Waals surface area contributed by atoms with Crippen LogP contribution in [0.2, 0.25) is 0 Å². The number of nitrogens with one attached hydrogen (secondary N) is 1. The number of rotatable bonds is 4. The number of aryl methyl sites for hydroxylation is 1. The van der Waals surface area contributed by atoms with Gasteiger partial charge in [0.2, 0.25) is 5.91 Å². The highest BCUT2D eigenvalue weighted by Crippen LogP contribution is 2.38. The van der Waals surface area contributed by atoms with Crippen molar-refractivity contribution in [3.63, 3.8) is 0 Å². The van der Waals surface area contributed by atoms with Gasteiger partial charge in [-0.15, -0.1) is 0 Å². The quantitative estimate of drug-likeness (QED) is 0.831. The van der Waals surface area contributed by atoms with E-state index in [1.165, 1.54) is 0 Å². The molecule has 1 heterocycles. The summed E-state index contributed by atoms with van der Waals surface area (Å²) in [6, 6.07) is 4.12. The van der Waals surface area contributed by atoms with Crippen molar-refractivity contribution in [3.05, 3.63) is 24.2 Å². The van der Waals surface area contributed by atoms with Crippen molar-refractivity contribution in [2.45, 2.75) is 45.2 Å². The van der Waals surface area contributed by atoms with Crippen molar-refractivity contribution in [1.29, 1.82) is 0 Å². The molecule has 4 heteroatoms. The summed E-state index contributed by atoms with van der Waals surface area (Å²) < 4.78 is 5.19. The van der Waals surface area contributed by atoms with Gasteiger partial charge in [0.1, 0.15) is 5.76 Å². The molecule has 17 heavy (non-hydrogen) atoms. The first kappa shape index (κ1) is 12.2. The van der Waals surface area contributed by atoms with Gasteiger partial charge in [0.25, 0.3) is 0 Å². The van der Waals surface area contributed by atoms with Crippen molar-refractivity contribution in [1.82, 2.24) is 5.32 Å². The van der Waals surface area contributed by atoms with Gasteiger partial charge in [0, 0.05) is 30.3 Å². The zero-order valence-electron chi connectivity index (χ0n) is 10.4. The van der Waals surface area contributed by atoms with Crippen LogP contribution in [-0.4, -0.2) is 18.0 Å². The minimum absolute atomic E-state index is 0.0142.